The van der Waals surface area contributed by atoms with Gasteiger partial charge in [0.2, 0.25) is 11.7 Å². The van der Waals surface area contributed by atoms with E-state index in [0.29, 0.717) is 11.3 Å². The monoisotopic (exact) mass is 784 g/mol. The Bertz CT molecular complexity index is 2140. The Labute approximate surface area is 328 Å². The number of aromatic hydroxyl groups is 2. The molecule has 7 atom stereocenters. The first kappa shape index (κ1) is 40.9. The van der Waals surface area contributed by atoms with Crippen LogP contribution in [0.5, 0.6) is 17.2 Å². The Morgan fingerprint density at radius 3 is 2.35 bits per heavy atom. The average molecular weight is 785 g/mol. The molecule has 6 rings (SSSR count). The SMILES string of the molecule is C#CCC(OC(=O)N[C@H]1CC(O[C@H]2CC(C(=O)CO)Cc3c(O)c4c(c(O)c32)C(=O)c2c(OC)cccc2C4=O)O[C@@H](C)[C@H]1O)c1ccc(NC(=O)C(C)C)cc1. The summed E-state index contributed by atoms with van der Waals surface area (Å²) >= 11 is 0. The molecule has 15 heteroatoms. The Morgan fingerprint density at radius 2 is 1.70 bits per heavy atom. The molecule has 0 spiro atoms. The van der Waals surface area contributed by atoms with Crippen LogP contribution in [0.25, 0.3) is 0 Å². The maximum Gasteiger partial charge on any atom is 0.408 e. The number of phenols is 2. The number of phenolic OH excluding ortho intramolecular Hbond substituents is 2. The number of amides is 2. The van der Waals surface area contributed by atoms with Crippen LogP contribution in [0.2, 0.25) is 0 Å². The van der Waals surface area contributed by atoms with Crippen LogP contribution in [0.3, 0.4) is 0 Å². The van der Waals surface area contributed by atoms with E-state index >= 15 is 0 Å². The van der Waals surface area contributed by atoms with E-state index in [2.05, 4.69) is 16.6 Å². The normalized spacial score (nSPS) is 23.0. The lowest BCUT2D eigenvalue weighted by Crippen LogP contribution is -2.55. The maximum absolute atomic E-state index is 14.0. The second kappa shape index (κ2) is 16.7. The summed E-state index contributed by atoms with van der Waals surface area (Å²) in [6, 6.07) is 10.1. The number of fused-ring (bicyclic) bond motifs is 3. The summed E-state index contributed by atoms with van der Waals surface area (Å²) in [4.78, 5) is 66.0. The third kappa shape index (κ3) is 7.94. The summed E-state index contributed by atoms with van der Waals surface area (Å²) < 4.78 is 23.3. The Morgan fingerprint density at radius 1 is 1.00 bits per heavy atom. The number of hydrogen-bond acceptors (Lipinski definition) is 13. The minimum atomic E-state index is -1.24. The van der Waals surface area contributed by atoms with Crippen molar-refractivity contribution in [2.24, 2.45) is 11.8 Å². The van der Waals surface area contributed by atoms with E-state index in [1.165, 1.54) is 25.3 Å². The molecule has 0 bridgehead atoms. The Hall–Kier alpha value is -5.79. The van der Waals surface area contributed by atoms with Gasteiger partial charge in [0.05, 0.1) is 48.5 Å². The number of anilines is 1. The predicted molar refractivity (Wildman–Crippen MR) is 202 cm³/mol. The Balaban J connectivity index is 1.25. The van der Waals surface area contributed by atoms with Crippen LogP contribution in [0, 0.1) is 24.2 Å². The molecule has 0 aromatic heterocycles. The fourth-order valence-electron chi connectivity index (χ4n) is 7.56. The van der Waals surface area contributed by atoms with Crippen molar-refractivity contribution < 1.29 is 63.3 Å². The van der Waals surface area contributed by atoms with E-state index in [-0.39, 0.29) is 65.5 Å². The quantitative estimate of drug-likeness (QED) is 0.0935. The number of aliphatic hydroxyl groups excluding tert-OH is 2. The molecule has 1 saturated heterocycles. The van der Waals surface area contributed by atoms with E-state index < -0.39 is 95.3 Å². The number of terminal acetylenes is 1. The zero-order valence-electron chi connectivity index (χ0n) is 31.7. The van der Waals surface area contributed by atoms with Gasteiger partial charge in [-0.15, -0.1) is 12.3 Å². The van der Waals surface area contributed by atoms with Crippen molar-refractivity contribution in [3.8, 4) is 29.6 Å². The van der Waals surface area contributed by atoms with Crippen LogP contribution in [0.15, 0.2) is 42.5 Å². The van der Waals surface area contributed by atoms with Gasteiger partial charge >= 0.3 is 6.09 Å². The number of carbonyl (C=O) groups is 5. The lowest BCUT2D eigenvalue weighted by Gasteiger charge is -2.41. The molecule has 15 nitrogen and oxygen atoms in total. The number of carbonyl (C=O) groups excluding carboxylic acids is 5. The van der Waals surface area contributed by atoms with Gasteiger partial charge in [-0.1, -0.05) is 38.1 Å². The number of rotatable bonds is 11. The summed E-state index contributed by atoms with van der Waals surface area (Å²) in [5.41, 5.74) is 0.0222. The fourth-order valence-corrected chi connectivity index (χ4v) is 7.56. The van der Waals surface area contributed by atoms with E-state index in [0.717, 1.165) is 0 Å². The number of aliphatic hydroxyl groups is 2. The molecule has 2 amide bonds. The second-order valence-electron chi connectivity index (χ2n) is 14.6. The van der Waals surface area contributed by atoms with Gasteiger partial charge in [-0.3, -0.25) is 19.2 Å². The highest BCUT2D eigenvalue weighted by atomic mass is 16.7. The van der Waals surface area contributed by atoms with Crippen molar-refractivity contribution in [3.63, 3.8) is 0 Å². The highest BCUT2D eigenvalue weighted by Gasteiger charge is 2.46. The smallest absolute Gasteiger partial charge is 0.408 e. The summed E-state index contributed by atoms with van der Waals surface area (Å²) in [5.74, 6) is -2.09. The van der Waals surface area contributed by atoms with Crippen molar-refractivity contribution >= 4 is 35.0 Å². The van der Waals surface area contributed by atoms with Crippen LogP contribution in [-0.2, 0) is 30.2 Å². The van der Waals surface area contributed by atoms with Gasteiger partial charge < -0.3 is 50.0 Å². The van der Waals surface area contributed by atoms with Gasteiger partial charge in [0.1, 0.15) is 36.1 Å². The van der Waals surface area contributed by atoms with Gasteiger partial charge in [-0.05, 0) is 43.5 Å². The number of ether oxygens (including phenoxy) is 4. The van der Waals surface area contributed by atoms with E-state index in [1.807, 2.05) is 0 Å². The number of ketones is 3. The van der Waals surface area contributed by atoms with Crippen LogP contribution >= 0.6 is 0 Å². The van der Waals surface area contributed by atoms with E-state index in [1.54, 1.807) is 45.0 Å². The first-order chi connectivity index (χ1) is 27.2. The van der Waals surface area contributed by atoms with Crippen LogP contribution in [0.4, 0.5) is 10.5 Å². The highest BCUT2D eigenvalue weighted by Crippen LogP contribution is 2.51. The summed E-state index contributed by atoms with van der Waals surface area (Å²) in [6.07, 6.45) is -1.24. The first-order valence-corrected chi connectivity index (χ1v) is 18.5. The molecule has 1 aliphatic heterocycles. The van der Waals surface area contributed by atoms with Crippen LogP contribution in [-0.4, -0.2) is 88.0 Å². The Kier molecular flexibility index (Phi) is 12.0. The summed E-state index contributed by atoms with van der Waals surface area (Å²) in [7, 11) is 1.32. The van der Waals surface area contributed by atoms with Gasteiger partial charge in [0, 0.05) is 40.6 Å². The number of benzene rings is 3. The number of methoxy groups -OCH3 is 1. The third-order valence-electron chi connectivity index (χ3n) is 10.6. The zero-order chi connectivity index (χ0) is 41.3. The van der Waals surface area contributed by atoms with Crippen LogP contribution in [0.1, 0.15) is 101 Å². The molecular formula is C42H44N2O13. The zero-order valence-corrected chi connectivity index (χ0v) is 31.7. The standard InChI is InChI=1S/C42H44N2O13/c1-6-8-28(21-11-13-23(14-12-21)43-41(52)19(2)3)57-42(53)44-26-17-31(55-20(4)36(26)47)56-30-16-22(27(46)18-45)15-25-33(30)40(51)35-34(38(25)49)37(48)24-9-7-10-29(54-5)32(24)39(35)50/h1,7,9-14,19-20,22,26,28,30-31,36,45,47,49,51H,8,15-18H2,2-5H3,(H,43,52)(H,44,53)/t20-,22?,26-,28?,30-,31?,36+/m0/s1. The lowest BCUT2D eigenvalue weighted by molar-refractivity contribution is -0.245. The fraction of sp³-hybridized carbons (Fsp3) is 0.405. The molecule has 2 aliphatic carbocycles. The molecule has 3 aliphatic rings. The van der Waals surface area contributed by atoms with Crippen molar-refractivity contribution in [3.05, 3.63) is 81.4 Å². The molecule has 3 aromatic rings. The molecule has 57 heavy (non-hydrogen) atoms. The number of alkyl carbamates (subject to hydrolysis) is 1. The minimum Gasteiger partial charge on any atom is -0.507 e. The van der Waals surface area contributed by atoms with E-state index in [4.69, 9.17) is 25.4 Å². The third-order valence-corrected chi connectivity index (χ3v) is 10.6. The first-order valence-electron chi connectivity index (χ1n) is 18.5. The van der Waals surface area contributed by atoms with Crippen molar-refractivity contribution in [1.29, 1.82) is 0 Å². The van der Waals surface area contributed by atoms with Gasteiger partial charge in [0.25, 0.3) is 0 Å². The lowest BCUT2D eigenvalue weighted by atomic mass is 9.73. The van der Waals surface area contributed by atoms with E-state index in [9.17, 15) is 44.4 Å². The molecule has 0 radical (unpaired) electrons. The molecule has 3 aromatic carbocycles. The predicted octanol–water partition coefficient (Wildman–Crippen LogP) is 4.01. The molecule has 1 fully saturated rings. The molecule has 0 saturated carbocycles. The number of nitrogens with one attached hydrogen (secondary N) is 2. The topological polar surface area (TPSA) is 227 Å². The molecule has 300 valence electrons. The molecule has 3 unspecified atom stereocenters. The van der Waals surface area contributed by atoms with Gasteiger partial charge in [-0.25, -0.2) is 4.79 Å². The number of hydrogen-bond donors (Lipinski definition) is 6. The average Bonchev–Trinajstić information content (AvgIpc) is 3.19. The molecule has 6 N–H and O–H groups in total. The number of Topliss-reactive ketones (excluding diaryl/α,β-unsaturated/α-hetero) is 1. The summed E-state index contributed by atoms with van der Waals surface area (Å²) in [6.45, 7) is 4.25. The van der Waals surface area contributed by atoms with Crippen molar-refractivity contribution in [1.82, 2.24) is 5.32 Å². The minimum absolute atomic E-state index is 0.0150. The molecular weight excluding hydrogens is 740 g/mol. The second-order valence-corrected chi connectivity index (χ2v) is 14.6. The largest absolute Gasteiger partial charge is 0.507 e. The van der Waals surface area contributed by atoms with Gasteiger partial charge in [0.15, 0.2) is 17.9 Å². The van der Waals surface area contributed by atoms with Gasteiger partial charge in [-0.2, -0.15) is 0 Å². The van der Waals surface area contributed by atoms with Crippen molar-refractivity contribution in [2.45, 2.75) is 83.2 Å². The van der Waals surface area contributed by atoms with Crippen molar-refractivity contribution in [2.75, 3.05) is 19.0 Å². The van der Waals surface area contributed by atoms with Crippen LogP contribution < -0.4 is 15.4 Å². The molecule has 1 heterocycles. The maximum atomic E-state index is 14.0. The summed E-state index contributed by atoms with van der Waals surface area (Å²) in [5, 5.41) is 49.7. The highest BCUT2D eigenvalue weighted by molar-refractivity contribution is 6.31.